The van der Waals surface area contributed by atoms with Gasteiger partial charge in [0.15, 0.2) is 0 Å². The van der Waals surface area contributed by atoms with E-state index in [1.807, 2.05) is 0 Å². The van der Waals surface area contributed by atoms with Crippen molar-refractivity contribution < 1.29 is 24.5 Å². The lowest BCUT2D eigenvalue weighted by atomic mass is 10.0. The number of allylic oxidation sites excluding steroid dienone is 4. The van der Waals surface area contributed by atoms with Gasteiger partial charge in [0, 0.05) is 12.8 Å². The standard InChI is InChI=1S/C62H119NO5/c1-3-5-7-9-11-13-15-17-18-24-27-31-34-38-42-46-50-54-60(65)59(58-64)63-61(66)55-51-47-43-39-35-32-28-25-22-20-19-21-23-26-29-33-37-41-45-49-53-57-68-62(67)56-52-48-44-40-36-30-16-14-12-10-8-6-4-2/h8,10,14,16,59-60,64-65H,3-7,9,11-13,15,17-58H2,1-2H3,(H,63,66)/b10-8-,16-14-. The van der Waals surface area contributed by atoms with Crippen molar-refractivity contribution in [2.45, 2.75) is 347 Å². The van der Waals surface area contributed by atoms with Gasteiger partial charge in [0.2, 0.25) is 5.91 Å². The molecule has 0 saturated heterocycles. The zero-order valence-corrected chi connectivity index (χ0v) is 45.9. The molecule has 0 aromatic rings. The quantitative estimate of drug-likeness (QED) is 0.0321. The summed E-state index contributed by atoms with van der Waals surface area (Å²) in [6, 6.07) is -0.542. The Labute approximate surface area is 424 Å². The fraction of sp³-hybridized carbons (Fsp3) is 0.903. The number of hydrogen-bond acceptors (Lipinski definition) is 5. The van der Waals surface area contributed by atoms with E-state index in [0.29, 0.717) is 25.9 Å². The van der Waals surface area contributed by atoms with E-state index in [-0.39, 0.29) is 18.5 Å². The van der Waals surface area contributed by atoms with E-state index in [9.17, 15) is 19.8 Å². The number of aliphatic hydroxyl groups excluding tert-OH is 2. The highest BCUT2D eigenvalue weighted by atomic mass is 16.5. The van der Waals surface area contributed by atoms with Gasteiger partial charge in [-0.1, -0.05) is 295 Å². The van der Waals surface area contributed by atoms with Gasteiger partial charge in [0.25, 0.3) is 0 Å². The van der Waals surface area contributed by atoms with E-state index in [0.717, 1.165) is 51.4 Å². The minimum atomic E-state index is -0.665. The number of rotatable bonds is 57. The highest BCUT2D eigenvalue weighted by Crippen LogP contribution is 2.18. The molecular weight excluding hydrogens is 839 g/mol. The number of esters is 1. The number of amides is 1. The molecule has 68 heavy (non-hydrogen) atoms. The fourth-order valence-corrected chi connectivity index (χ4v) is 9.56. The number of nitrogens with one attached hydrogen (secondary N) is 1. The maximum atomic E-state index is 12.5. The Hall–Kier alpha value is -1.66. The Morgan fingerprint density at radius 1 is 0.412 bits per heavy atom. The van der Waals surface area contributed by atoms with Gasteiger partial charge in [-0.05, 0) is 51.4 Å². The molecule has 0 heterocycles. The van der Waals surface area contributed by atoms with Crippen LogP contribution >= 0.6 is 0 Å². The molecule has 0 radical (unpaired) electrons. The molecule has 0 fully saturated rings. The van der Waals surface area contributed by atoms with Crippen LogP contribution in [0.2, 0.25) is 0 Å². The van der Waals surface area contributed by atoms with Crippen molar-refractivity contribution in [3.05, 3.63) is 24.3 Å². The molecule has 0 aliphatic heterocycles. The fourth-order valence-electron chi connectivity index (χ4n) is 9.56. The Bertz CT molecular complexity index is 1060. The zero-order valence-electron chi connectivity index (χ0n) is 45.9. The molecule has 6 heteroatoms. The Kier molecular flexibility index (Phi) is 56.5. The normalized spacial score (nSPS) is 12.7. The molecule has 1 amide bonds. The van der Waals surface area contributed by atoms with Gasteiger partial charge in [-0.3, -0.25) is 9.59 Å². The second-order valence-electron chi connectivity index (χ2n) is 21.0. The first kappa shape index (κ1) is 66.3. The number of aliphatic hydroxyl groups is 2. The molecule has 0 rings (SSSR count). The minimum absolute atomic E-state index is 0.00295. The summed E-state index contributed by atoms with van der Waals surface area (Å²) in [6.07, 6.45) is 70.4. The highest BCUT2D eigenvalue weighted by molar-refractivity contribution is 5.76. The van der Waals surface area contributed by atoms with Crippen molar-refractivity contribution in [1.82, 2.24) is 5.32 Å². The molecule has 0 spiro atoms. The van der Waals surface area contributed by atoms with Crippen LogP contribution in [0.3, 0.4) is 0 Å². The zero-order chi connectivity index (χ0) is 49.3. The summed E-state index contributed by atoms with van der Waals surface area (Å²) in [5.74, 6) is -0.0366. The summed E-state index contributed by atoms with van der Waals surface area (Å²) >= 11 is 0. The maximum Gasteiger partial charge on any atom is 0.305 e. The molecule has 2 atom stereocenters. The van der Waals surface area contributed by atoms with E-state index >= 15 is 0 Å². The summed E-state index contributed by atoms with van der Waals surface area (Å²) in [7, 11) is 0. The summed E-state index contributed by atoms with van der Waals surface area (Å²) in [4.78, 5) is 24.5. The van der Waals surface area contributed by atoms with Crippen molar-refractivity contribution in [2.75, 3.05) is 13.2 Å². The predicted octanol–water partition coefficient (Wildman–Crippen LogP) is 19.0. The predicted molar refractivity (Wildman–Crippen MR) is 296 cm³/mol. The molecule has 0 aromatic carbocycles. The lowest BCUT2D eigenvalue weighted by Gasteiger charge is -2.22. The van der Waals surface area contributed by atoms with E-state index in [1.54, 1.807) is 0 Å². The average molecular weight is 959 g/mol. The monoisotopic (exact) mass is 958 g/mol. The number of hydrogen-bond donors (Lipinski definition) is 3. The Balaban J connectivity index is 3.39. The van der Waals surface area contributed by atoms with Gasteiger partial charge in [-0.25, -0.2) is 0 Å². The van der Waals surface area contributed by atoms with Gasteiger partial charge in [0.05, 0.1) is 25.4 Å². The summed E-state index contributed by atoms with van der Waals surface area (Å²) < 4.78 is 5.47. The largest absolute Gasteiger partial charge is 0.466 e. The molecule has 6 nitrogen and oxygen atoms in total. The van der Waals surface area contributed by atoms with Crippen LogP contribution in [0.25, 0.3) is 0 Å². The first-order chi connectivity index (χ1) is 33.5. The van der Waals surface area contributed by atoms with Gasteiger partial charge < -0.3 is 20.3 Å². The third-order valence-corrected chi connectivity index (χ3v) is 14.2. The Morgan fingerprint density at radius 2 is 0.765 bits per heavy atom. The van der Waals surface area contributed by atoms with Crippen LogP contribution in [0.5, 0.6) is 0 Å². The minimum Gasteiger partial charge on any atom is -0.466 e. The van der Waals surface area contributed by atoms with Gasteiger partial charge in [-0.2, -0.15) is 0 Å². The SMILES string of the molecule is CCC/C=C\C/C=C\CCCCCCCC(=O)OCCCCCCCCCCCCCCCCCCCCCCCC(=O)NC(CO)C(O)CCCCCCCCCCCCCCCCCCC. The van der Waals surface area contributed by atoms with E-state index in [1.165, 1.54) is 250 Å². The second-order valence-corrected chi connectivity index (χ2v) is 21.0. The number of unbranched alkanes of at least 4 members (excludes halogenated alkanes) is 42. The van der Waals surface area contributed by atoms with E-state index in [4.69, 9.17) is 4.74 Å². The van der Waals surface area contributed by atoms with Crippen molar-refractivity contribution in [3.63, 3.8) is 0 Å². The molecule has 0 aromatic heterocycles. The van der Waals surface area contributed by atoms with Gasteiger partial charge in [-0.15, -0.1) is 0 Å². The smallest absolute Gasteiger partial charge is 0.305 e. The lowest BCUT2D eigenvalue weighted by molar-refractivity contribution is -0.143. The van der Waals surface area contributed by atoms with Crippen molar-refractivity contribution in [1.29, 1.82) is 0 Å². The molecule has 3 N–H and O–H groups in total. The first-order valence-electron chi connectivity index (χ1n) is 30.6. The maximum absolute atomic E-state index is 12.5. The van der Waals surface area contributed by atoms with Crippen LogP contribution in [0.15, 0.2) is 24.3 Å². The summed E-state index contributed by atoms with van der Waals surface area (Å²) in [6.45, 7) is 4.90. The van der Waals surface area contributed by atoms with Crippen LogP contribution in [0.4, 0.5) is 0 Å². The van der Waals surface area contributed by atoms with Crippen LogP contribution in [-0.4, -0.2) is 47.4 Å². The van der Waals surface area contributed by atoms with Crippen LogP contribution in [-0.2, 0) is 14.3 Å². The van der Waals surface area contributed by atoms with Crippen LogP contribution in [0.1, 0.15) is 335 Å². The van der Waals surface area contributed by atoms with Crippen molar-refractivity contribution in [2.24, 2.45) is 0 Å². The number of carbonyl (C=O) groups excluding carboxylic acids is 2. The molecule has 0 saturated carbocycles. The first-order valence-corrected chi connectivity index (χ1v) is 30.6. The summed E-state index contributed by atoms with van der Waals surface area (Å²) in [5.41, 5.74) is 0. The van der Waals surface area contributed by atoms with E-state index in [2.05, 4.69) is 43.5 Å². The molecule has 0 bridgehead atoms. The van der Waals surface area contributed by atoms with Crippen molar-refractivity contribution in [3.8, 4) is 0 Å². The van der Waals surface area contributed by atoms with Crippen molar-refractivity contribution >= 4 is 11.9 Å². The molecule has 0 aliphatic rings. The molecule has 0 aliphatic carbocycles. The second kappa shape index (κ2) is 57.9. The molecule has 2 unspecified atom stereocenters. The average Bonchev–Trinajstić information content (AvgIpc) is 3.34. The lowest BCUT2D eigenvalue weighted by Crippen LogP contribution is -2.45. The highest BCUT2D eigenvalue weighted by Gasteiger charge is 2.20. The third kappa shape index (κ3) is 53.7. The molecule has 402 valence electrons. The topological polar surface area (TPSA) is 95.9 Å². The van der Waals surface area contributed by atoms with Crippen LogP contribution < -0.4 is 5.32 Å². The summed E-state index contributed by atoms with van der Waals surface area (Å²) in [5, 5.41) is 23.3. The van der Waals surface area contributed by atoms with Gasteiger partial charge in [0.1, 0.15) is 0 Å². The molecular formula is C62H119NO5. The van der Waals surface area contributed by atoms with Crippen LogP contribution in [0, 0.1) is 0 Å². The van der Waals surface area contributed by atoms with Gasteiger partial charge >= 0.3 is 5.97 Å². The number of carbonyl (C=O) groups is 2. The number of ether oxygens (including phenoxy) is 1. The third-order valence-electron chi connectivity index (χ3n) is 14.2. The Morgan fingerprint density at radius 3 is 1.18 bits per heavy atom. The van der Waals surface area contributed by atoms with E-state index < -0.39 is 12.1 Å².